The van der Waals surface area contributed by atoms with Crippen molar-refractivity contribution in [1.29, 1.82) is 0 Å². The molecule has 0 radical (unpaired) electrons. The third-order valence-electron chi connectivity index (χ3n) is 5.54. The van der Waals surface area contributed by atoms with Crippen LogP contribution in [0.15, 0.2) is 53.6 Å². The number of rotatable bonds is 6. The largest absolute Gasteiger partial charge is 0.382 e. The van der Waals surface area contributed by atoms with Gasteiger partial charge in [-0.1, -0.05) is 23.2 Å². The quantitative estimate of drug-likeness (QED) is 0.361. The van der Waals surface area contributed by atoms with Gasteiger partial charge in [-0.3, -0.25) is 15.1 Å². The van der Waals surface area contributed by atoms with Crippen LogP contribution in [0.4, 0.5) is 11.4 Å². The van der Waals surface area contributed by atoms with Gasteiger partial charge in [-0.15, -0.1) is 0 Å². The van der Waals surface area contributed by atoms with Gasteiger partial charge in [0.15, 0.2) is 0 Å². The summed E-state index contributed by atoms with van der Waals surface area (Å²) >= 11 is 11.8. The molecule has 1 heterocycles. The van der Waals surface area contributed by atoms with Crippen molar-refractivity contribution in [2.24, 2.45) is 0 Å². The van der Waals surface area contributed by atoms with Gasteiger partial charge < -0.3 is 5.32 Å². The molecule has 0 amide bonds. The van der Waals surface area contributed by atoms with Crippen molar-refractivity contribution in [3.8, 4) is 0 Å². The third kappa shape index (κ3) is 4.96. The average Bonchev–Trinajstić information content (AvgIpc) is 2.75. The van der Waals surface area contributed by atoms with Crippen LogP contribution >= 0.6 is 23.2 Å². The predicted molar refractivity (Wildman–Crippen MR) is 125 cm³/mol. The van der Waals surface area contributed by atoms with E-state index in [0.717, 1.165) is 35.5 Å². The Labute approximate surface area is 195 Å². The molecule has 0 saturated heterocycles. The lowest BCUT2D eigenvalue weighted by atomic mass is 9.91. The molecule has 11 heteroatoms. The average molecular weight is 495 g/mol. The normalized spacial score (nSPS) is 19.1. The van der Waals surface area contributed by atoms with Crippen LogP contribution in [0.2, 0.25) is 10.0 Å². The Balaban J connectivity index is 1.40. The number of fused-ring (bicyclic) bond motifs is 1. The van der Waals surface area contributed by atoms with Crippen LogP contribution < -0.4 is 10.0 Å². The topological polar surface area (TPSA) is 114 Å². The summed E-state index contributed by atoms with van der Waals surface area (Å²) in [6.45, 7) is 0. The number of nitrogens with zero attached hydrogens (tertiary/aromatic N) is 2. The maximum absolute atomic E-state index is 12.7. The Bertz CT molecular complexity index is 1280. The molecule has 1 fully saturated rings. The first-order valence-corrected chi connectivity index (χ1v) is 12.2. The molecule has 3 aromatic rings. The fourth-order valence-corrected chi connectivity index (χ4v) is 5.59. The van der Waals surface area contributed by atoms with Crippen LogP contribution in [-0.4, -0.2) is 30.4 Å². The molecule has 1 aliphatic carbocycles. The second-order valence-electron chi connectivity index (χ2n) is 7.70. The number of hydrogen-bond donors (Lipinski definition) is 2. The first kappa shape index (κ1) is 22.7. The van der Waals surface area contributed by atoms with Gasteiger partial charge in [0.05, 0.1) is 15.3 Å². The van der Waals surface area contributed by atoms with E-state index in [0.29, 0.717) is 17.9 Å². The minimum absolute atomic E-state index is 0.105. The highest BCUT2D eigenvalue weighted by molar-refractivity contribution is 7.89. The SMILES string of the molecule is O=[N+]([O-])c1cc(S(=O)(=O)N[C@H]2CC[C@@H](Nc3ccnc4cc(Cl)ccc34)CC2)ccc1Cl. The second kappa shape index (κ2) is 9.19. The highest BCUT2D eigenvalue weighted by Gasteiger charge is 2.27. The van der Waals surface area contributed by atoms with Crippen molar-refractivity contribution in [2.75, 3.05) is 5.32 Å². The number of halogens is 2. The lowest BCUT2D eigenvalue weighted by Gasteiger charge is -2.30. The van der Waals surface area contributed by atoms with Gasteiger partial charge in [0.25, 0.3) is 5.69 Å². The molecule has 0 spiro atoms. The van der Waals surface area contributed by atoms with Crippen molar-refractivity contribution in [1.82, 2.24) is 9.71 Å². The van der Waals surface area contributed by atoms with Crippen molar-refractivity contribution in [2.45, 2.75) is 42.7 Å². The Hall–Kier alpha value is -2.46. The van der Waals surface area contributed by atoms with Crippen LogP contribution in [0.3, 0.4) is 0 Å². The third-order valence-corrected chi connectivity index (χ3v) is 7.61. The van der Waals surface area contributed by atoms with E-state index in [9.17, 15) is 18.5 Å². The van der Waals surface area contributed by atoms with E-state index in [1.807, 2.05) is 24.3 Å². The van der Waals surface area contributed by atoms with Crippen LogP contribution in [0.1, 0.15) is 25.7 Å². The van der Waals surface area contributed by atoms with Gasteiger partial charge >= 0.3 is 0 Å². The van der Waals surface area contributed by atoms with Gasteiger partial charge in [0.2, 0.25) is 10.0 Å². The maximum Gasteiger partial charge on any atom is 0.289 e. The van der Waals surface area contributed by atoms with Gasteiger partial charge in [0, 0.05) is 40.4 Å². The summed E-state index contributed by atoms with van der Waals surface area (Å²) in [6.07, 6.45) is 4.55. The Morgan fingerprint density at radius 2 is 1.72 bits per heavy atom. The molecular formula is C21H20Cl2N4O4S. The molecule has 1 aliphatic rings. The number of anilines is 1. The monoisotopic (exact) mass is 494 g/mol. The van der Waals surface area contributed by atoms with Gasteiger partial charge in [-0.25, -0.2) is 13.1 Å². The number of pyridine rings is 1. The van der Waals surface area contributed by atoms with Crippen LogP contribution in [-0.2, 0) is 10.0 Å². The molecule has 168 valence electrons. The fraction of sp³-hybridized carbons (Fsp3) is 0.286. The summed E-state index contributed by atoms with van der Waals surface area (Å²) in [6, 6.07) is 10.9. The molecule has 0 unspecified atom stereocenters. The molecule has 8 nitrogen and oxygen atoms in total. The summed E-state index contributed by atoms with van der Waals surface area (Å²) in [5.41, 5.74) is 1.33. The molecule has 0 atom stereocenters. The highest BCUT2D eigenvalue weighted by Crippen LogP contribution is 2.30. The highest BCUT2D eigenvalue weighted by atomic mass is 35.5. The molecule has 0 aliphatic heterocycles. The van der Waals surface area contributed by atoms with E-state index in [2.05, 4.69) is 15.0 Å². The van der Waals surface area contributed by atoms with Crippen LogP contribution in [0, 0.1) is 10.1 Å². The van der Waals surface area contributed by atoms with E-state index in [4.69, 9.17) is 23.2 Å². The van der Waals surface area contributed by atoms with Crippen LogP contribution in [0.25, 0.3) is 10.9 Å². The second-order valence-corrected chi connectivity index (χ2v) is 10.3. The fourth-order valence-electron chi connectivity index (χ4n) is 3.91. The molecule has 1 aromatic heterocycles. The molecule has 2 N–H and O–H groups in total. The molecule has 4 rings (SSSR count). The standard InChI is InChI=1S/C21H20Cl2N4O4S/c22-13-1-7-17-19(9-10-24-20(17)11-13)25-14-2-4-15(5-3-14)26-32(30,31)16-6-8-18(23)21(12-16)27(28)29/h1,6-12,14-15,26H,2-5H2,(H,24,25)/t14-,15+. The lowest BCUT2D eigenvalue weighted by molar-refractivity contribution is -0.384. The molecule has 2 aromatic carbocycles. The summed E-state index contributed by atoms with van der Waals surface area (Å²) in [5.74, 6) is 0. The van der Waals surface area contributed by atoms with E-state index in [-0.39, 0.29) is 22.0 Å². The number of hydrogen-bond acceptors (Lipinski definition) is 6. The van der Waals surface area contributed by atoms with Gasteiger partial charge in [0.1, 0.15) is 5.02 Å². The molecule has 1 saturated carbocycles. The number of nitrogens with one attached hydrogen (secondary N) is 2. The number of aromatic nitrogens is 1. The van der Waals surface area contributed by atoms with Gasteiger partial charge in [-0.05, 0) is 62.1 Å². The lowest BCUT2D eigenvalue weighted by Crippen LogP contribution is -2.40. The Kier molecular flexibility index (Phi) is 6.52. The number of nitro benzene ring substituents is 1. The van der Waals surface area contributed by atoms with E-state index < -0.39 is 20.6 Å². The number of nitro groups is 1. The van der Waals surface area contributed by atoms with Gasteiger partial charge in [-0.2, -0.15) is 0 Å². The summed E-state index contributed by atoms with van der Waals surface area (Å²) < 4.78 is 28.1. The maximum atomic E-state index is 12.7. The summed E-state index contributed by atoms with van der Waals surface area (Å²) in [7, 11) is -3.90. The summed E-state index contributed by atoms with van der Waals surface area (Å²) in [5, 5.41) is 16.1. The summed E-state index contributed by atoms with van der Waals surface area (Å²) in [4.78, 5) is 14.5. The first-order valence-electron chi connectivity index (χ1n) is 10.00. The number of benzene rings is 2. The Morgan fingerprint density at radius 3 is 2.44 bits per heavy atom. The smallest absolute Gasteiger partial charge is 0.289 e. The minimum atomic E-state index is -3.90. The molecule has 32 heavy (non-hydrogen) atoms. The molecule has 0 bridgehead atoms. The van der Waals surface area contributed by atoms with E-state index in [1.165, 1.54) is 12.1 Å². The zero-order valence-corrected chi connectivity index (χ0v) is 19.1. The van der Waals surface area contributed by atoms with Crippen LogP contribution in [0.5, 0.6) is 0 Å². The number of sulfonamides is 1. The van der Waals surface area contributed by atoms with Crippen molar-refractivity contribution in [3.63, 3.8) is 0 Å². The predicted octanol–water partition coefficient (Wildman–Crippen LogP) is 5.15. The Morgan fingerprint density at radius 1 is 1.00 bits per heavy atom. The van der Waals surface area contributed by atoms with Crippen molar-refractivity contribution < 1.29 is 13.3 Å². The van der Waals surface area contributed by atoms with E-state index in [1.54, 1.807) is 6.20 Å². The zero-order valence-electron chi connectivity index (χ0n) is 16.8. The van der Waals surface area contributed by atoms with Crippen molar-refractivity contribution in [3.05, 3.63) is 68.8 Å². The van der Waals surface area contributed by atoms with Crippen molar-refractivity contribution >= 4 is 55.5 Å². The van der Waals surface area contributed by atoms with E-state index >= 15 is 0 Å². The molecular weight excluding hydrogens is 475 g/mol. The first-order chi connectivity index (χ1) is 15.2. The minimum Gasteiger partial charge on any atom is -0.382 e. The zero-order chi connectivity index (χ0) is 22.9.